The first-order valence-electron chi connectivity index (χ1n) is 6.05. The van der Waals surface area contributed by atoms with Gasteiger partial charge in [0.25, 0.3) is 0 Å². The Balaban J connectivity index is 2.25. The second-order valence-corrected chi connectivity index (χ2v) is 4.94. The highest BCUT2D eigenvalue weighted by atomic mass is 32.1. The van der Waals surface area contributed by atoms with Gasteiger partial charge in [-0.15, -0.1) is 11.3 Å². The van der Waals surface area contributed by atoms with Gasteiger partial charge in [0.1, 0.15) is 0 Å². The van der Waals surface area contributed by atoms with Gasteiger partial charge in [0.2, 0.25) is 0 Å². The molecule has 0 aliphatic rings. The van der Waals surface area contributed by atoms with Crippen LogP contribution < -0.4 is 4.80 Å². The van der Waals surface area contributed by atoms with Crippen LogP contribution in [0.15, 0.2) is 40.7 Å². The highest BCUT2D eigenvalue weighted by molar-refractivity contribution is 7.07. The Kier molecular flexibility index (Phi) is 4.73. The Morgan fingerprint density at radius 3 is 2.78 bits per heavy atom. The minimum Gasteiger partial charge on any atom is -0.385 e. The van der Waals surface area contributed by atoms with Gasteiger partial charge in [-0.1, -0.05) is 18.2 Å². The van der Waals surface area contributed by atoms with E-state index in [9.17, 15) is 0 Å². The molecule has 2 rings (SSSR count). The second kappa shape index (κ2) is 6.52. The summed E-state index contributed by atoms with van der Waals surface area (Å²) in [6.07, 6.45) is 1.01. The maximum atomic E-state index is 5.10. The first-order valence-corrected chi connectivity index (χ1v) is 6.93. The molecule has 0 amide bonds. The smallest absolute Gasteiger partial charge is 0.190 e. The van der Waals surface area contributed by atoms with E-state index in [4.69, 9.17) is 4.74 Å². The lowest BCUT2D eigenvalue weighted by Crippen LogP contribution is -2.17. The molecular formula is C14H18N2OS. The highest BCUT2D eigenvalue weighted by Gasteiger charge is 2.01. The zero-order chi connectivity index (χ0) is 12.8. The first-order chi connectivity index (χ1) is 8.81. The maximum Gasteiger partial charge on any atom is 0.190 e. The van der Waals surface area contributed by atoms with Crippen LogP contribution in [0.1, 0.15) is 12.1 Å². The number of methoxy groups -OCH3 is 1. The number of para-hydroxylation sites is 1. The molecule has 1 aromatic carbocycles. The summed E-state index contributed by atoms with van der Waals surface area (Å²) in [4.78, 5) is 5.73. The third-order valence-corrected chi connectivity index (χ3v) is 3.68. The molecule has 0 radical (unpaired) electrons. The minimum absolute atomic E-state index is 0.785. The molecular weight excluding hydrogens is 244 g/mol. The normalized spacial score (nSPS) is 12.0. The van der Waals surface area contributed by atoms with Crippen LogP contribution in [0.5, 0.6) is 0 Å². The van der Waals surface area contributed by atoms with Gasteiger partial charge in [0, 0.05) is 31.3 Å². The van der Waals surface area contributed by atoms with E-state index in [0.29, 0.717) is 0 Å². The van der Waals surface area contributed by atoms with Crippen molar-refractivity contribution in [3.63, 3.8) is 0 Å². The van der Waals surface area contributed by atoms with E-state index < -0.39 is 0 Å². The van der Waals surface area contributed by atoms with Crippen molar-refractivity contribution in [3.05, 3.63) is 46.2 Å². The predicted octanol–water partition coefficient (Wildman–Crippen LogP) is 3.13. The standard InChI is InChI=1S/C14H18N2OS/c1-12-11-18-14(16(12)9-6-10-17-2)15-13-7-4-3-5-8-13/h3-5,7-8,11H,6,9-10H2,1-2H3. The largest absolute Gasteiger partial charge is 0.385 e. The molecule has 0 saturated heterocycles. The second-order valence-electron chi connectivity index (χ2n) is 4.11. The van der Waals surface area contributed by atoms with E-state index in [1.165, 1.54) is 5.69 Å². The van der Waals surface area contributed by atoms with E-state index in [1.54, 1.807) is 18.4 Å². The lowest BCUT2D eigenvalue weighted by atomic mass is 10.3. The third kappa shape index (κ3) is 3.31. The number of hydrogen-bond acceptors (Lipinski definition) is 3. The number of benzene rings is 1. The van der Waals surface area contributed by atoms with Crippen LogP contribution in [-0.2, 0) is 11.3 Å². The summed E-state index contributed by atoms with van der Waals surface area (Å²) in [6.45, 7) is 3.86. The lowest BCUT2D eigenvalue weighted by molar-refractivity contribution is 0.190. The molecule has 18 heavy (non-hydrogen) atoms. The van der Waals surface area contributed by atoms with Crippen LogP contribution in [0.3, 0.4) is 0 Å². The van der Waals surface area contributed by atoms with Crippen molar-refractivity contribution in [1.29, 1.82) is 0 Å². The average molecular weight is 262 g/mol. The number of hydrogen-bond donors (Lipinski definition) is 0. The van der Waals surface area contributed by atoms with Gasteiger partial charge in [-0.05, 0) is 25.5 Å². The number of aryl methyl sites for hydroxylation is 1. The fourth-order valence-electron chi connectivity index (χ4n) is 1.75. The molecule has 0 saturated carbocycles. The van der Waals surface area contributed by atoms with Gasteiger partial charge < -0.3 is 9.30 Å². The van der Waals surface area contributed by atoms with Crippen molar-refractivity contribution in [1.82, 2.24) is 4.57 Å². The Morgan fingerprint density at radius 2 is 2.06 bits per heavy atom. The van der Waals surface area contributed by atoms with Crippen molar-refractivity contribution in [3.8, 4) is 0 Å². The molecule has 0 fully saturated rings. The Labute approximate surface area is 111 Å². The van der Waals surface area contributed by atoms with Crippen LogP contribution in [-0.4, -0.2) is 18.3 Å². The van der Waals surface area contributed by atoms with E-state index in [0.717, 1.165) is 30.1 Å². The number of aromatic nitrogens is 1. The molecule has 0 aliphatic carbocycles. The van der Waals surface area contributed by atoms with Crippen molar-refractivity contribution >= 4 is 17.0 Å². The zero-order valence-electron chi connectivity index (χ0n) is 10.8. The van der Waals surface area contributed by atoms with Crippen LogP contribution in [0, 0.1) is 6.92 Å². The van der Waals surface area contributed by atoms with E-state index >= 15 is 0 Å². The maximum absolute atomic E-state index is 5.10. The SMILES string of the molecule is COCCCn1c(C)csc1=Nc1ccccc1. The molecule has 96 valence electrons. The fraction of sp³-hybridized carbons (Fsp3) is 0.357. The van der Waals surface area contributed by atoms with Gasteiger partial charge in [-0.2, -0.15) is 0 Å². The van der Waals surface area contributed by atoms with Crippen molar-refractivity contribution in [2.45, 2.75) is 19.9 Å². The van der Waals surface area contributed by atoms with Gasteiger partial charge in [-0.25, -0.2) is 4.99 Å². The van der Waals surface area contributed by atoms with Crippen LogP contribution in [0.2, 0.25) is 0 Å². The molecule has 0 unspecified atom stereocenters. The average Bonchev–Trinajstić information content (AvgIpc) is 2.73. The fourth-order valence-corrected chi connectivity index (χ4v) is 2.68. The number of rotatable bonds is 5. The molecule has 3 nitrogen and oxygen atoms in total. The topological polar surface area (TPSA) is 26.5 Å². The summed E-state index contributed by atoms with van der Waals surface area (Å²) in [5, 5.41) is 2.15. The van der Waals surface area contributed by atoms with Crippen LogP contribution >= 0.6 is 11.3 Å². The molecule has 2 aromatic rings. The number of thiazole rings is 1. The molecule has 0 bridgehead atoms. The summed E-state index contributed by atoms with van der Waals surface area (Å²) >= 11 is 1.68. The third-order valence-electron chi connectivity index (χ3n) is 2.70. The molecule has 1 heterocycles. The molecule has 0 spiro atoms. The van der Waals surface area contributed by atoms with E-state index in [-0.39, 0.29) is 0 Å². The van der Waals surface area contributed by atoms with Crippen molar-refractivity contribution in [2.24, 2.45) is 4.99 Å². The van der Waals surface area contributed by atoms with Crippen LogP contribution in [0.4, 0.5) is 5.69 Å². The van der Waals surface area contributed by atoms with Gasteiger partial charge in [-0.3, -0.25) is 0 Å². The Bertz CT molecular complexity index is 542. The minimum atomic E-state index is 0.785. The quantitative estimate of drug-likeness (QED) is 0.760. The first kappa shape index (κ1) is 13.1. The van der Waals surface area contributed by atoms with Crippen molar-refractivity contribution in [2.75, 3.05) is 13.7 Å². The summed E-state index contributed by atoms with van der Waals surface area (Å²) in [5.41, 5.74) is 2.26. The van der Waals surface area contributed by atoms with E-state index in [1.807, 2.05) is 30.3 Å². The Hall–Kier alpha value is -1.39. The van der Waals surface area contributed by atoms with Crippen LogP contribution in [0.25, 0.3) is 0 Å². The summed E-state index contributed by atoms with van der Waals surface area (Å²) in [6, 6.07) is 10.1. The summed E-state index contributed by atoms with van der Waals surface area (Å²) in [7, 11) is 1.74. The molecule has 4 heteroatoms. The number of nitrogens with zero attached hydrogens (tertiary/aromatic N) is 2. The molecule has 0 N–H and O–H groups in total. The van der Waals surface area contributed by atoms with Gasteiger partial charge in [0.15, 0.2) is 4.80 Å². The lowest BCUT2D eigenvalue weighted by Gasteiger charge is -2.05. The predicted molar refractivity (Wildman–Crippen MR) is 75.2 cm³/mol. The summed E-state index contributed by atoms with van der Waals surface area (Å²) in [5.74, 6) is 0. The molecule has 0 atom stereocenters. The van der Waals surface area contributed by atoms with E-state index in [2.05, 4.69) is 21.9 Å². The monoisotopic (exact) mass is 262 g/mol. The molecule has 0 aliphatic heterocycles. The Morgan fingerprint density at radius 1 is 1.28 bits per heavy atom. The van der Waals surface area contributed by atoms with Gasteiger partial charge in [0.05, 0.1) is 5.69 Å². The number of ether oxygens (including phenoxy) is 1. The zero-order valence-corrected chi connectivity index (χ0v) is 11.6. The molecule has 1 aromatic heterocycles. The summed E-state index contributed by atoms with van der Waals surface area (Å²) < 4.78 is 7.34. The highest BCUT2D eigenvalue weighted by Crippen LogP contribution is 2.10. The van der Waals surface area contributed by atoms with Crippen molar-refractivity contribution < 1.29 is 4.74 Å². The van der Waals surface area contributed by atoms with Gasteiger partial charge >= 0.3 is 0 Å².